The molecule has 0 saturated heterocycles. The summed E-state index contributed by atoms with van der Waals surface area (Å²) in [5.74, 6) is 1.19. The van der Waals surface area contributed by atoms with Crippen LogP contribution in [0.4, 0.5) is 9.18 Å². The van der Waals surface area contributed by atoms with E-state index in [1.165, 1.54) is 5.52 Å². The number of hydrogen-bond acceptors (Lipinski definition) is 3. The summed E-state index contributed by atoms with van der Waals surface area (Å²) in [6, 6.07) is 13.4. The van der Waals surface area contributed by atoms with E-state index in [9.17, 15) is 14.3 Å². The van der Waals surface area contributed by atoms with Crippen LogP contribution in [0.25, 0.3) is 11.0 Å². The number of unbranched alkanes of at least 4 members (excludes halogenated alkanes) is 3. The Kier molecular flexibility index (Phi) is 10.5. The Balaban J connectivity index is 1.41. The molecule has 1 aliphatic rings. The maximum atomic E-state index is 14.1. The summed E-state index contributed by atoms with van der Waals surface area (Å²) in [7, 11) is 4.26. The largest absolute Gasteiger partial charge is 0.465 e. The molecule has 1 aromatic heterocycles. The van der Waals surface area contributed by atoms with Crippen LogP contribution in [0.5, 0.6) is 0 Å². The SMILES string of the molecule is CCCCN(C(=O)O)C1(CCN(C)CCCCCc2nc3ccccc3n2C)CCc2cc(F)ccc2C1C(C)C. The van der Waals surface area contributed by atoms with Gasteiger partial charge in [0.25, 0.3) is 0 Å². The highest BCUT2D eigenvalue weighted by molar-refractivity contribution is 5.75. The molecule has 1 N–H and O–H groups in total. The normalized spacial score (nSPS) is 18.8. The molecule has 0 aliphatic heterocycles. The maximum absolute atomic E-state index is 14.1. The summed E-state index contributed by atoms with van der Waals surface area (Å²) in [6.07, 6.45) is 7.47. The zero-order chi connectivity index (χ0) is 29.6. The number of carboxylic acid groups (broad SMARTS) is 1. The third-order valence-corrected chi connectivity index (χ3v) is 9.26. The van der Waals surface area contributed by atoms with Gasteiger partial charge in [0.2, 0.25) is 0 Å². The van der Waals surface area contributed by atoms with Crippen LogP contribution in [0, 0.1) is 11.7 Å². The molecular weight excluding hydrogens is 515 g/mol. The highest BCUT2D eigenvalue weighted by Crippen LogP contribution is 2.49. The van der Waals surface area contributed by atoms with Crippen LogP contribution in [0.1, 0.15) is 88.6 Å². The van der Waals surface area contributed by atoms with Gasteiger partial charge < -0.3 is 19.5 Å². The van der Waals surface area contributed by atoms with E-state index in [1.54, 1.807) is 17.0 Å². The number of halogens is 1. The predicted molar refractivity (Wildman–Crippen MR) is 165 cm³/mol. The molecule has 0 saturated carbocycles. The lowest BCUT2D eigenvalue weighted by molar-refractivity contribution is 0.0209. The molecule has 1 aliphatic carbocycles. The van der Waals surface area contributed by atoms with Gasteiger partial charge in [-0.2, -0.15) is 0 Å². The van der Waals surface area contributed by atoms with Gasteiger partial charge in [-0.1, -0.05) is 51.8 Å². The summed E-state index contributed by atoms with van der Waals surface area (Å²) in [4.78, 5) is 21.7. The molecule has 2 atom stereocenters. The van der Waals surface area contributed by atoms with Crippen molar-refractivity contribution in [3.8, 4) is 0 Å². The average Bonchev–Trinajstić information content (AvgIpc) is 3.26. The van der Waals surface area contributed by atoms with Crippen LogP contribution in [0.3, 0.4) is 0 Å². The molecule has 0 radical (unpaired) electrons. The first-order valence-corrected chi connectivity index (χ1v) is 15.6. The lowest BCUT2D eigenvalue weighted by atomic mass is 9.63. The van der Waals surface area contributed by atoms with Crippen molar-refractivity contribution in [2.24, 2.45) is 13.0 Å². The van der Waals surface area contributed by atoms with Crippen molar-refractivity contribution < 1.29 is 14.3 Å². The summed E-state index contributed by atoms with van der Waals surface area (Å²) >= 11 is 0. The molecule has 1 amide bonds. The molecule has 41 heavy (non-hydrogen) atoms. The number of benzene rings is 2. The van der Waals surface area contributed by atoms with Gasteiger partial charge in [-0.25, -0.2) is 14.2 Å². The molecule has 6 nitrogen and oxygen atoms in total. The second-order valence-corrected chi connectivity index (χ2v) is 12.4. The monoisotopic (exact) mass is 564 g/mol. The van der Waals surface area contributed by atoms with E-state index in [0.29, 0.717) is 13.0 Å². The summed E-state index contributed by atoms with van der Waals surface area (Å²) in [5.41, 5.74) is 3.90. The van der Waals surface area contributed by atoms with E-state index < -0.39 is 11.6 Å². The molecule has 3 aromatic rings. The minimum Gasteiger partial charge on any atom is -0.465 e. The molecule has 0 bridgehead atoms. The van der Waals surface area contributed by atoms with Gasteiger partial charge in [-0.15, -0.1) is 0 Å². The lowest BCUT2D eigenvalue weighted by Gasteiger charge is -2.53. The third kappa shape index (κ3) is 6.94. The molecular formula is C34H49FN4O2. The Labute approximate surface area is 245 Å². The number of nitrogens with zero attached hydrogens (tertiary/aromatic N) is 4. The number of para-hydroxylation sites is 2. The molecule has 4 rings (SSSR count). The Morgan fingerprint density at radius 2 is 1.90 bits per heavy atom. The second kappa shape index (κ2) is 13.8. The fourth-order valence-corrected chi connectivity index (χ4v) is 7.17. The topological polar surface area (TPSA) is 61.6 Å². The minimum atomic E-state index is -0.834. The number of imidazole rings is 1. The number of aryl methyl sites for hydroxylation is 3. The first-order valence-electron chi connectivity index (χ1n) is 15.6. The molecule has 7 heteroatoms. The van der Waals surface area contributed by atoms with Crippen molar-refractivity contribution in [2.75, 3.05) is 26.7 Å². The highest BCUT2D eigenvalue weighted by atomic mass is 19.1. The Morgan fingerprint density at radius 3 is 2.61 bits per heavy atom. The van der Waals surface area contributed by atoms with Crippen molar-refractivity contribution in [1.82, 2.24) is 19.4 Å². The van der Waals surface area contributed by atoms with E-state index >= 15 is 0 Å². The first kappa shape index (κ1) is 31.0. The van der Waals surface area contributed by atoms with Gasteiger partial charge in [-0.05, 0) is 93.4 Å². The van der Waals surface area contributed by atoms with Gasteiger partial charge in [0.15, 0.2) is 0 Å². The standard InChI is InChI=1S/C34H49FN4O2/c1-6-7-22-39(33(40)41)34(19-18-26-24-27(35)16-17-28(26)32(34)25(2)3)20-23-37(4)21-12-8-9-15-31-36-29-13-10-11-14-30(29)38(31)5/h10-11,13-14,16-17,24-25,32H,6-9,12,15,18-23H2,1-5H3,(H,40,41). The fraction of sp³-hybridized carbons (Fsp3) is 0.588. The molecule has 0 fully saturated rings. The van der Waals surface area contributed by atoms with Crippen molar-refractivity contribution in [1.29, 1.82) is 0 Å². The van der Waals surface area contributed by atoms with E-state index in [2.05, 4.69) is 62.5 Å². The van der Waals surface area contributed by atoms with Crippen molar-refractivity contribution >= 4 is 17.1 Å². The molecule has 1 heterocycles. The first-order chi connectivity index (χ1) is 19.7. The van der Waals surface area contributed by atoms with Crippen molar-refractivity contribution in [3.05, 3.63) is 65.2 Å². The zero-order valence-electron chi connectivity index (χ0n) is 25.7. The number of fused-ring (bicyclic) bond motifs is 2. The van der Waals surface area contributed by atoms with Crippen molar-refractivity contribution in [3.63, 3.8) is 0 Å². The number of hydrogen-bond donors (Lipinski definition) is 1. The predicted octanol–water partition coefficient (Wildman–Crippen LogP) is 7.65. The van der Waals surface area contributed by atoms with Gasteiger partial charge >= 0.3 is 6.09 Å². The minimum absolute atomic E-state index is 0.0292. The van der Waals surface area contributed by atoms with Crippen LogP contribution < -0.4 is 0 Å². The van der Waals surface area contributed by atoms with E-state index in [4.69, 9.17) is 4.98 Å². The fourth-order valence-electron chi connectivity index (χ4n) is 7.17. The van der Waals surface area contributed by atoms with E-state index in [0.717, 1.165) is 86.9 Å². The summed E-state index contributed by atoms with van der Waals surface area (Å²) in [6.45, 7) is 8.83. The number of amides is 1. The highest BCUT2D eigenvalue weighted by Gasteiger charge is 2.50. The lowest BCUT2D eigenvalue weighted by Crippen LogP contribution is -2.59. The maximum Gasteiger partial charge on any atom is 0.407 e. The Morgan fingerprint density at radius 1 is 1.12 bits per heavy atom. The van der Waals surface area contributed by atoms with Crippen LogP contribution in [-0.2, 0) is 19.9 Å². The number of aromatic nitrogens is 2. The molecule has 2 aromatic carbocycles. The quantitative estimate of drug-likeness (QED) is 0.204. The smallest absolute Gasteiger partial charge is 0.407 e. The van der Waals surface area contributed by atoms with Crippen LogP contribution in [0.2, 0.25) is 0 Å². The zero-order valence-corrected chi connectivity index (χ0v) is 25.7. The van der Waals surface area contributed by atoms with Crippen LogP contribution >= 0.6 is 0 Å². The van der Waals surface area contributed by atoms with E-state index in [1.807, 2.05) is 12.1 Å². The second-order valence-electron chi connectivity index (χ2n) is 12.4. The van der Waals surface area contributed by atoms with E-state index in [-0.39, 0.29) is 17.7 Å². The Bertz CT molecular complexity index is 1310. The Hall–Kier alpha value is -2.93. The number of rotatable bonds is 14. The summed E-state index contributed by atoms with van der Waals surface area (Å²) in [5, 5.41) is 10.5. The van der Waals surface area contributed by atoms with Crippen LogP contribution in [-0.4, -0.2) is 62.8 Å². The van der Waals surface area contributed by atoms with Gasteiger partial charge in [0.05, 0.1) is 16.6 Å². The van der Waals surface area contributed by atoms with Gasteiger partial charge in [-0.3, -0.25) is 0 Å². The number of carbonyl (C=O) groups is 1. The third-order valence-electron chi connectivity index (χ3n) is 9.26. The molecule has 0 spiro atoms. The summed E-state index contributed by atoms with van der Waals surface area (Å²) < 4.78 is 16.3. The van der Waals surface area contributed by atoms with Crippen molar-refractivity contribution in [2.45, 2.75) is 90.0 Å². The van der Waals surface area contributed by atoms with Gasteiger partial charge in [0.1, 0.15) is 11.6 Å². The van der Waals surface area contributed by atoms with Crippen LogP contribution in [0.15, 0.2) is 42.5 Å². The van der Waals surface area contributed by atoms with Gasteiger partial charge in [0, 0.05) is 32.5 Å². The molecule has 224 valence electrons. The average molecular weight is 565 g/mol. The molecule has 2 unspecified atom stereocenters.